The molecule has 1 aromatic rings. The van der Waals surface area contributed by atoms with Crippen molar-refractivity contribution in [1.82, 2.24) is 9.88 Å². The molecule has 0 unspecified atom stereocenters. The van der Waals surface area contributed by atoms with E-state index in [4.69, 9.17) is 0 Å². The average molecular weight is 323 g/mol. The van der Waals surface area contributed by atoms with Crippen molar-refractivity contribution < 1.29 is 9.59 Å². The smallest absolute Gasteiger partial charge is 0.231 e. The maximum Gasteiger partial charge on any atom is 0.231 e. The molecule has 1 aliphatic rings. The van der Waals surface area contributed by atoms with Crippen molar-refractivity contribution in [1.29, 1.82) is 0 Å². The van der Waals surface area contributed by atoms with Gasteiger partial charge < -0.3 is 10.2 Å². The third-order valence-electron chi connectivity index (χ3n) is 3.90. The Labute approximate surface area is 136 Å². The number of carbonyl (C=O) groups excluding carboxylic acids is 2. The number of anilines is 1. The lowest BCUT2D eigenvalue weighted by Gasteiger charge is -2.31. The molecular formula is C16H25N3O2S. The third kappa shape index (κ3) is 4.53. The minimum atomic E-state index is -0.118. The van der Waals surface area contributed by atoms with Crippen LogP contribution in [0.15, 0.2) is 5.38 Å². The summed E-state index contributed by atoms with van der Waals surface area (Å²) in [5, 5.41) is 5.58. The average Bonchev–Trinajstić information content (AvgIpc) is 2.95. The number of hydrogen-bond acceptors (Lipinski definition) is 4. The van der Waals surface area contributed by atoms with E-state index in [-0.39, 0.29) is 17.7 Å². The van der Waals surface area contributed by atoms with Crippen molar-refractivity contribution in [3.8, 4) is 0 Å². The first kappa shape index (κ1) is 16.9. The molecule has 2 amide bonds. The Morgan fingerprint density at radius 3 is 2.95 bits per heavy atom. The van der Waals surface area contributed by atoms with E-state index in [0.29, 0.717) is 18.1 Å². The molecule has 1 atom stereocenters. The highest BCUT2D eigenvalue weighted by molar-refractivity contribution is 7.13. The Morgan fingerprint density at radius 1 is 1.41 bits per heavy atom. The number of aromatic nitrogens is 1. The fraction of sp³-hybridized carbons (Fsp3) is 0.688. The number of nitrogens with zero attached hydrogens (tertiary/aromatic N) is 2. The van der Waals surface area contributed by atoms with Crippen LogP contribution >= 0.6 is 11.3 Å². The molecule has 0 radical (unpaired) electrons. The molecule has 6 heteroatoms. The van der Waals surface area contributed by atoms with Gasteiger partial charge in [-0.25, -0.2) is 4.98 Å². The summed E-state index contributed by atoms with van der Waals surface area (Å²) in [7, 11) is 0. The predicted molar refractivity (Wildman–Crippen MR) is 89.0 cm³/mol. The first-order chi connectivity index (χ1) is 10.6. The van der Waals surface area contributed by atoms with Crippen LogP contribution in [-0.4, -0.2) is 34.8 Å². The van der Waals surface area contributed by atoms with Crippen LogP contribution in [0.4, 0.5) is 5.13 Å². The molecule has 122 valence electrons. The molecule has 0 saturated carbocycles. The molecule has 2 rings (SSSR count). The lowest BCUT2D eigenvalue weighted by atomic mass is 9.97. The van der Waals surface area contributed by atoms with E-state index < -0.39 is 0 Å². The summed E-state index contributed by atoms with van der Waals surface area (Å²) in [6.07, 6.45) is 5.15. The van der Waals surface area contributed by atoms with E-state index in [9.17, 15) is 9.59 Å². The zero-order valence-electron chi connectivity index (χ0n) is 13.4. The summed E-state index contributed by atoms with van der Waals surface area (Å²) in [6.45, 7) is 5.43. The molecule has 22 heavy (non-hydrogen) atoms. The minimum absolute atomic E-state index is 0.00797. The van der Waals surface area contributed by atoms with Gasteiger partial charge in [-0.05, 0) is 25.7 Å². The van der Waals surface area contributed by atoms with Gasteiger partial charge in [-0.3, -0.25) is 9.59 Å². The topological polar surface area (TPSA) is 62.3 Å². The lowest BCUT2D eigenvalue weighted by molar-refractivity contribution is -0.134. The Kier molecular flexibility index (Phi) is 6.36. The van der Waals surface area contributed by atoms with Gasteiger partial charge in [-0.2, -0.15) is 0 Å². The maximum absolute atomic E-state index is 12.4. The van der Waals surface area contributed by atoms with Gasteiger partial charge >= 0.3 is 0 Å². The van der Waals surface area contributed by atoms with Gasteiger partial charge in [0.25, 0.3) is 0 Å². The van der Waals surface area contributed by atoms with Crippen molar-refractivity contribution >= 4 is 28.3 Å². The Balaban J connectivity index is 1.89. The molecule has 5 nitrogen and oxygen atoms in total. The Morgan fingerprint density at radius 2 is 2.23 bits per heavy atom. The number of likely N-dealkylation sites (tertiary alicyclic amines) is 1. The largest absolute Gasteiger partial charge is 0.342 e. The van der Waals surface area contributed by atoms with Gasteiger partial charge in [-0.1, -0.05) is 20.3 Å². The highest BCUT2D eigenvalue weighted by Crippen LogP contribution is 2.22. The first-order valence-electron chi connectivity index (χ1n) is 8.17. The van der Waals surface area contributed by atoms with Crippen molar-refractivity contribution in [2.24, 2.45) is 5.92 Å². The quantitative estimate of drug-likeness (QED) is 0.875. The summed E-state index contributed by atoms with van der Waals surface area (Å²) in [5.74, 6) is 0.0407. The van der Waals surface area contributed by atoms with Crippen molar-refractivity contribution in [2.45, 2.75) is 52.4 Å². The summed E-state index contributed by atoms with van der Waals surface area (Å²) in [5.41, 5.74) is 1.03. The molecule has 0 aliphatic carbocycles. The van der Waals surface area contributed by atoms with Gasteiger partial charge in [0, 0.05) is 24.9 Å². The number of carbonyl (C=O) groups is 2. The zero-order valence-corrected chi connectivity index (χ0v) is 14.2. The van der Waals surface area contributed by atoms with Gasteiger partial charge in [0.05, 0.1) is 11.6 Å². The van der Waals surface area contributed by atoms with E-state index >= 15 is 0 Å². The highest BCUT2D eigenvalue weighted by atomic mass is 32.1. The summed E-state index contributed by atoms with van der Waals surface area (Å²) in [6, 6.07) is 0. The molecule has 1 saturated heterocycles. The molecule has 1 fully saturated rings. The fourth-order valence-electron chi connectivity index (χ4n) is 2.73. The number of rotatable bonds is 6. The van der Waals surface area contributed by atoms with E-state index in [1.807, 2.05) is 17.2 Å². The molecule has 1 aromatic heterocycles. The zero-order chi connectivity index (χ0) is 15.9. The summed E-state index contributed by atoms with van der Waals surface area (Å²) >= 11 is 1.47. The summed E-state index contributed by atoms with van der Waals surface area (Å²) in [4.78, 5) is 30.6. The molecule has 0 bridgehead atoms. The van der Waals surface area contributed by atoms with Crippen LogP contribution in [0.1, 0.15) is 51.6 Å². The van der Waals surface area contributed by atoms with E-state index in [1.165, 1.54) is 11.3 Å². The van der Waals surface area contributed by atoms with Crippen molar-refractivity contribution in [2.75, 3.05) is 18.4 Å². The van der Waals surface area contributed by atoms with Crippen LogP contribution in [0.5, 0.6) is 0 Å². The van der Waals surface area contributed by atoms with Gasteiger partial charge in [0.2, 0.25) is 11.8 Å². The van der Waals surface area contributed by atoms with Crippen LogP contribution in [0.25, 0.3) is 0 Å². The molecule has 1 aliphatic heterocycles. The van der Waals surface area contributed by atoms with Crippen molar-refractivity contribution in [3.63, 3.8) is 0 Å². The number of hydrogen-bond donors (Lipinski definition) is 1. The van der Waals surface area contributed by atoms with E-state index in [0.717, 1.165) is 44.3 Å². The Hall–Kier alpha value is -1.43. The van der Waals surface area contributed by atoms with Crippen LogP contribution < -0.4 is 5.32 Å². The lowest BCUT2D eigenvalue weighted by Crippen LogP contribution is -2.43. The minimum Gasteiger partial charge on any atom is -0.342 e. The monoisotopic (exact) mass is 323 g/mol. The number of nitrogens with one attached hydrogen (secondary N) is 1. The van der Waals surface area contributed by atoms with Gasteiger partial charge in [-0.15, -0.1) is 11.3 Å². The standard InChI is InChI=1S/C16H25N3O2S/c1-3-6-13-11-22-16(17-13)18-15(21)12-8-5-9-19(10-12)14(20)7-4-2/h11-12H,3-10H2,1-2H3,(H,17,18,21)/t12-/m0/s1. The number of piperidine rings is 1. The van der Waals surface area contributed by atoms with E-state index in [2.05, 4.69) is 17.2 Å². The Bertz CT molecular complexity index is 515. The SMILES string of the molecule is CCCC(=O)N1CCC[C@H](C(=O)Nc2nc(CCC)cs2)C1. The van der Waals surface area contributed by atoms with Crippen LogP contribution in [0, 0.1) is 5.92 Å². The second-order valence-electron chi connectivity index (χ2n) is 5.81. The molecule has 2 heterocycles. The highest BCUT2D eigenvalue weighted by Gasteiger charge is 2.28. The second-order valence-corrected chi connectivity index (χ2v) is 6.67. The van der Waals surface area contributed by atoms with Crippen molar-refractivity contribution in [3.05, 3.63) is 11.1 Å². The number of amides is 2. The van der Waals surface area contributed by atoms with Gasteiger partial charge in [0.1, 0.15) is 0 Å². The van der Waals surface area contributed by atoms with Crippen LogP contribution in [0.2, 0.25) is 0 Å². The predicted octanol–water partition coefficient (Wildman–Crippen LogP) is 3.07. The first-order valence-corrected chi connectivity index (χ1v) is 9.05. The molecule has 0 aromatic carbocycles. The second kappa shape index (κ2) is 8.27. The summed E-state index contributed by atoms with van der Waals surface area (Å²) < 4.78 is 0. The third-order valence-corrected chi connectivity index (χ3v) is 4.70. The van der Waals surface area contributed by atoms with E-state index in [1.54, 1.807) is 0 Å². The number of aryl methyl sites for hydroxylation is 1. The van der Waals surface area contributed by atoms with Crippen LogP contribution in [-0.2, 0) is 16.0 Å². The molecular weight excluding hydrogens is 298 g/mol. The number of thiazole rings is 1. The molecule has 1 N–H and O–H groups in total. The normalized spacial score (nSPS) is 18.3. The maximum atomic E-state index is 12.4. The van der Waals surface area contributed by atoms with Crippen LogP contribution in [0.3, 0.4) is 0 Å². The van der Waals surface area contributed by atoms with Gasteiger partial charge in [0.15, 0.2) is 5.13 Å². The molecule has 0 spiro atoms. The fourth-order valence-corrected chi connectivity index (χ4v) is 3.48.